The van der Waals surface area contributed by atoms with Crippen LogP contribution in [0.25, 0.3) is 0 Å². The quantitative estimate of drug-likeness (QED) is 0.817. The zero-order valence-corrected chi connectivity index (χ0v) is 11.4. The summed E-state index contributed by atoms with van der Waals surface area (Å²) in [7, 11) is 2.11. The molecule has 0 aliphatic heterocycles. The molecule has 0 saturated heterocycles. The topological polar surface area (TPSA) is 29.9 Å². The van der Waals surface area contributed by atoms with Gasteiger partial charge in [-0.05, 0) is 50.1 Å². The minimum absolute atomic E-state index is 0.938. The lowest BCUT2D eigenvalue weighted by Crippen LogP contribution is -2.17. The van der Waals surface area contributed by atoms with E-state index in [-0.39, 0.29) is 0 Å². The van der Waals surface area contributed by atoms with Gasteiger partial charge in [0.15, 0.2) is 0 Å². The third kappa shape index (κ3) is 2.99. The molecule has 2 heterocycles. The molecule has 2 aromatic heterocycles. The summed E-state index contributed by atoms with van der Waals surface area (Å²) >= 11 is 0. The van der Waals surface area contributed by atoms with E-state index in [1.165, 1.54) is 22.5 Å². The van der Waals surface area contributed by atoms with Gasteiger partial charge in [0.2, 0.25) is 0 Å². The Hall–Kier alpha value is -1.61. The summed E-state index contributed by atoms with van der Waals surface area (Å²) < 4.78 is 2.23. The predicted molar refractivity (Wildman–Crippen MR) is 74.5 cm³/mol. The highest BCUT2D eigenvalue weighted by Gasteiger charge is 2.04. The number of pyridine rings is 1. The van der Waals surface area contributed by atoms with Gasteiger partial charge in [-0.1, -0.05) is 6.07 Å². The van der Waals surface area contributed by atoms with Crippen molar-refractivity contribution in [1.29, 1.82) is 0 Å². The molecule has 0 aromatic carbocycles. The lowest BCUT2D eigenvalue weighted by Gasteiger charge is -2.05. The fourth-order valence-electron chi connectivity index (χ4n) is 2.11. The fourth-order valence-corrected chi connectivity index (χ4v) is 2.11. The van der Waals surface area contributed by atoms with Crippen LogP contribution in [0.2, 0.25) is 0 Å². The molecule has 0 aliphatic rings. The summed E-state index contributed by atoms with van der Waals surface area (Å²) in [5.74, 6) is 0. The van der Waals surface area contributed by atoms with Crippen LogP contribution in [0.3, 0.4) is 0 Å². The molecule has 2 rings (SSSR count). The molecule has 0 amide bonds. The number of nitrogens with one attached hydrogen (secondary N) is 1. The lowest BCUT2D eigenvalue weighted by molar-refractivity contribution is 0.680. The number of rotatable bonds is 5. The van der Waals surface area contributed by atoms with Crippen LogP contribution >= 0.6 is 0 Å². The third-order valence-corrected chi connectivity index (χ3v) is 3.51. The van der Waals surface area contributed by atoms with Gasteiger partial charge in [-0.15, -0.1) is 0 Å². The van der Waals surface area contributed by atoms with Crippen molar-refractivity contribution >= 4 is 0 Å². The summed E-state index contributed by atoms with van der Waals surface area (Å²) in [5, 5.41) is 3.49. The Balaban J connectivity index is 1.80. The average molecular weight is 243 g/mol. The van der Waals surface area contributed by atoms with Crippen molar-refractivity contribution in [2.75, 3.05) is 6.54 Å². The Morgan fingerprint density at radius 2 is 2.17 bits per heavy atom. The maximum atomic E-state index is 4.12. The molecule has 2 aromatic rings. The molecule has 0 atom stereocenters. The number of hydrogen-bond donors (Lipinski definition) is 1. The molecule has 0 saturated carbocycles. The number of aryl methyl sites for hydroxylation is 1. The predicted octanol–water partition coefficient (Wildman–Crippen LogP) is 2.37. The van der Waals surface area contributed by atoms with E-state index in [4.69, 9.17) is 0 Å². The van der Waals surface area contributed by atoms with E-state index in [9.17, 15) is 0 Å². The first-order valence-corrected chi connectivity index (χ1v) is 6.40. The van der Waals surface area contributed by atoms with E-state index in [1.54, 1.807) is 0 Å². The first-order chi connectivity index (χ1) is 8.68. The van der Waals surface area contributed by atoms with Gasteiger partial charge in [0, 0.05) is 37.4 Å². The van der Waals surface area contributed by atoms with Crippen molar-refractivity contribution in [3.05, 3.63) is 53.1 Å². The molecule has 0 bridgehead atoms. The van der Waals surface area contributed by atoms with Crippen molar-refractivity contribution in [3.63, 3.8) is 0 Å². The Bertz CT molecular complexity index is 500. The second-order valence-corrected chi connectivity index (χ2v) is 4.74. The standard InChI is InChI=1S/C15H21N3/c1-12-9-15(13(2)18(12)3)11-17-8-6-14-5-4-7-16-10-14/h4-5,7,9-10,17H,6,8,11H2,1-3H3. The minimum atomic E-state index is 0.938. The zero-order valence-electron chi connectivity index (χ0n) is 11.4. The maximum absolute atomic E-state index is 4.12. The van der Waals surface area contributed by atoms with Crippen LogP contribution < -0.4 is 5.32 Å². The van der Waals surface area contributed by atoms with Gasteiger partial charge in [0.1, 0.15) is 0 Å². The van der Waals surface area contributed by atoms with Gasteiger partial charge in [-0.3, -0.25) is 4.98 Å². The van der Waals surface area contributed by atoms with Crippen LogP contribution in [0.5, 0.6) is 0 Å². The largest absolute Gasteiger partial charge is 0.352 e. The molecule has 3 nitrogen and oxygen atoms in total. The number of hydrogen-bond acceptors (Lipinski definition) is 2. The third-order valence-electron chi connectivity index (χ3n) is 3.51. The van der Waals surface area contributed by atoms with Crippen LogP contribution in [0.15, 0.2) is 30.6 Å². The van der Waals surface area contributed by atoms with Gasteiger partial charge in [0.25, 0.3) is 0 Å². The van der Waals surface area contributed by atoms with Gasteiger partial charge in [-0.25, -0.2) is 0 Å². The molecule has 3 heteroatoms. The monoisotopic (exact) mass is 243 g/mol. The van der Waals surface area contributed by atoms with Gasteiger partial charge >= 0.3 is 0 Å². The van der Waals surface area contributed by atoms with Crippen molar-refractivity contribution < 1.29 is 0 Å². The van der Waals surface area contributed by atoms with Gasteiger partial charge in [0.05, 0.1) is 0 Å². The van der Waals surface area contributed by atoms with E-state index < -0.39 is 0 Å². The summed E-state index contributed by atoms with van der Waals surface area (Å²) in [4.78, 5) is 4.12. The van der Waals surface area contributed by atoms with Crippen molar-refractivity contribution in [3.8, 4) is 0 Å². The zero-order chi connectivity index (χ0) is 13.0. The molecule has 0 radical (unpaired) electrons. The highest BCUT2D eigenvalue weighted by Crippen LogP contribution is 2.12. The Morgan fingerprint density at radius 1 is 1.33 bits per heavy atom. The number of aromatic nitrogens is 2. The second-order valence-electron chi connectivity index (χ2n) is 4.74. The molecule has 96 valence electrons. The Kier molecular flexibility index (Phi) is 4.15. The molecule has 0 spiro atoms. The molecule has 1 N–H and O–H groups in total. The maximum Gasteiger partial charge on any atom is 0.0300 e. The van der Waals surface area contributed by atoms with E-state index in [2.05, 4.69) is 47.9 Å². The summed E-state index contributed by atoms with van der Waals surface area (Å²) in [6.07, 6.45) is 4.77. The number of nitrogens with zero attached hydrogens (tertiary/aromatic N) is 2. The molecule has 0 unspecified atom stereocenters. The molecule has 18 heavy (non-hydrogen) atoms. The first-order valence-electron chi connectivity index (χ1n) is 6.40. The lowest BCUT2D eigenvalue weighted by atomic mass is 10.2. The van der Waals surface area contributed by atoms with Crippen LogP contribution in [0, 0.1) is 13.8 Å². The first kappa shape index (κ1) is 12.8. The highest BCUT2D eigenvalue weighted by atomic mass is 15.0. The summed E-state index contributed by atoms with van der Waals surface area (Å²) in [5.41, 5.74) is 5.34. The average Bonchev–Trinajstić information content (AvgIpc) is 2.64. The van der Waals surface area contributed by atoms with Crippen molar-refractivity contribution in [2.24, 2.45) is 7.05 Å². The van der Waals surface area contributed by atoms with Crippen LogP contribution in [0.1, 0.15) is 22.5 Å². The fraction of sp³-hybridized carbons (Fsp3) is 0.400. The molecule has 0 aliphatic carbocycles. The minimum Gasteiger partial charge on any atom is -0.352 e. The summed E-state index contributed by atoms with van der Waals surface area (Å²) in [6, 6.07) is 6.36. The van der Waals surface area contributed by atoms with Crippen LogP contribution in [-0.2, 0) is 20.0 Å². The van der Waals surface area contributed by atoms with Crippen LogP contribution in [0.4, 0.5) is 0 Å². The summed E-state index contributed by atoms with van der Waals surface area (Å²) in [6.45, 7) is 6.24. The Labute approximate surface area is 109 Å². The van der Waals surface area contributed by atoms with Gasteiger partial charge < -0.3 is 9.88 Å². The molecular formula is C15H21N3. The molecular weight excluding hydrogens is 222 g/mol. The Morgan fingerprint density at radius 3 is 2.78 bits per heavy atom. The van der Waals surface area contributed by atoms with E-state index >= 15 is 0 Å². The SMILES string of the molecule is Cc1cc(CNCCc2cccnc2)c(C)n1C. The molecule has 0 fully saturated rings. The van der Waals surface area contributed by atoms with E-state index in [1.807, 2.05) is 18.5 Å². The van der Waals surface area contributed by atoms with E-state index in [0.717, 1.165) is 19.5 Å². The van der Waals surface area contributed by atoms with E-state index in [0.29, 0.717) is 0 Å². The second kappa shape index (κ2) is 5.83. The van der Waals surface area contributed by atoms with Crippen molar-refractivity contribution in [2.45, 2.75) is 26.8 Å². The van der Waals surface area contributed by atoms with Gasteiger partial charge in [-0.2, -0.15) is 0 Å². The smallest absolute Gasteiger partial charge is 0.0300 e. The van der Waals surface area contributed by atoms with Crippen LogP contribution in [-0.4, -0.2) is 16.1 Å². The van der Waals surface area contributed by atoms with Crippen molar-refractivity contribution in [1.82, 2.24) is 14.9 Å². The normalized spacial score (nSPS) is 10.8. The highest BCUT2D eigenvalue weighted by molar-refractivity contribution is 5.26.